The minimum absolute atomic E-state index is 0.0717. The Morgan fingerprint density at radius 2 is 2.15 bits per heavy atom. The van der Waals surface area contributed by atoms with E-state index in [0.717, 1.165) is 26.1 Å². The van der Waals surface area contributed by atoms with Crippen molar-refractivity contribution in [2.75, 3.05) is 33.3 Å². The van der Waals surface area contributed by atoms with Crippen molar-refractivity contribution in [2.24, 2.45) is 0 Å². The molecule has 0 saturated carbocycles. The minimum atomic E-state index is 0.0717. The Morgan fingerprint density at radius 3 is 2.62 bits per heavy atom. The number of hydrogen-bond acceptors (Lipinski definition) is 3. The fourth-order valence-corrected chi connectivity index (χ4v) is 1.11. The van der Waals surface area contributed by atoms with Gasteiger partial charge in [-0.15, -0.1) is 0 Å². The van der Waals surface area contributed by atoms with Crippen LogP contribution in [0.15, 0.2) is 0 Å². The van der Waals surface area contributed by atoms with Gasteiger partial charge in [0.25, 0.3) is 0 Å². The molecule has 0 aliphatic carbocycles. The number of nitrogens with one attached hydrogen (secondary N) is 1. The second-order valence-corrected chi connectivity index (χ2v) is 2.93. The number of carbonyl (C=O) groups excluding carboxylic acids is 1. The van der Waals surface area contributed by atoms with E-state index in [1.807, 2.05) is 0 Å². The number of nitrogens with zero attached hydrogens (tertiary/aromatic N) is 1. The Labute approximate surface area is 79.9 Å². The van der Waals surface area contributed by atoms with E-state index in [2.05, 4.69) is 17.1 Å². The maximum absolute atomic E-state index is 10.9. The van der Waals surface area contributed by atoms with E-state index in [-0.39, 0.29) is 12.5 Å². The van der Waals surface area contributed by atoms with E-state index in [1.54, 1.807) is 7.05 Å². The first kappa shape index (κ1) is 12.4. The molecule has 0 unspecified atom stereocenters. The van der Waals surface area contributed by atoms with Gasteiger partial charge in [-0.1, -0.05) is 6.92 Å². The van der Waals surface area contributed by atoms with Crippen molar-refractivity contribution in [1.29, 1.82) is 0 Å². The summed E-state index contributed by atoms with van der Waals surface area (Å²) < 4.78 is 0. The van der Waals surface area contributed by atoms with Gasteiger partial charge in [-0.05, 0) is 13.0 Å². The lowest BCUT2D eigenvalue weighted by Crippen LogP contribution is -2.30. The third-order valence-corrected chi connectivity index (χ3v) is 2.01. The zero-order valence-electron chi connectivity index (χ0n) is 8.55. The van der Waals surface area contributed by atoms with Gasteiger partial charge in [0.1, 0.15) is 0 Å². The molecule has 0 spiro atoms. The molecule has 0 aliphatic heterocycles. The lowest BCUT2D eigenvalue weighted by Gasteiger charge is -2.18. The van der Waals surface area contributed by atoms with E-state index in [0.29, 0.717) is 6.42 Å². The SMILES string of the molecule is CCN(CCCO)CCC(=O)NC. The summed E-state index contributed by atoms with van der Waals surface area (Å²) >= 11 is 0. The van der Waals surface area contributed by atoms with Crippen molar-refractivity contribution in [3.05, 3.63) is 0 Å². The molecule has 1 amide bonds. The van der Waals surface area contributed by atoms with Gasteiger partial charge >= 0.3 is 0 Å². The monoisotopic (exact) mass is 188 g/mol. The smallest absolute Gasteiger partial charge is 0.221 e. The Balaban J connectivity index is 3.52. The molecule has 13 heavy (non-hydrogen) atoms. The topological polar surface area (TPSA) is 52.6 Å². The maximum Gasteiger partial charge on any atom is 0.221 e. The molecule has 4 nitrogen and oxygen atoms in total. The highest BCUT2D eigenvalue weighted by Gasteiger charge is 2.04. The van der Waals surface area contributed by atoms with Crippen LogP contribution in [0.1, 0.15) is 19.8 Å². The molecule has 0 atom stereocenters. The fraction of sp³-hybridized carbons (Fsp3) is 0.889. The van der Waals surface area contributed by atoms with Gasteiger partial charge in [-0.2, -0.15) is 0 Å². The van der Waals surface area contributed by atoms with Crippen molar-refractivity contribution in [2.45, 2.75) is 19.8 Å². The van der Waals surface area contributed by atoms with Crippen molar-refractivity contribution in [3.63, 3.8) is 0 Å². The molecule has 2 N–H and O–H groups in total. The summed E-state index contributed by atoms with van der Waals surface area (Å²) in [5.41, 5.74) is 0. The lowest BCUT2D eigenvalue weighted by molar-refractivity contribution is -0.120. The number of hydrogen-bond donors (Lipinski definition) is 2. The van der Waals surface area contributed by atoms with Crippen LogP contribution in [-0.4, -0.2) is 49.2 Å². The third-order valence-electron chi connectivity index (χ3n) is 2.01. The lowest BCUT2D eigenvalue weighted by atomic mass is 10.3. The van der Waals surface area contributed by atoms with Crippen LogP contribution in [0.2, 0.25) is 0 Å². The van der Waals surface area contributed by atoms with Crippen LogP contribution in [-0.2, 0) is 4.79 Å². The summed E-state index contributed by atoms with van der Waals surface area (Å²) in [6, 6.07) is 0. The van der Waals surface area contributed by atoms with Gasteiger partial charge in [-0.3, -0.25) is 4.79 Å². The Bertz CT molecular complexity index is 140. The van der Waals surface area contributed by atoms with Gasteiger partial charge < -0.3 is 15.3 Å². The van der Waals surface area contributed by atoms with E-state index >= 15 is 0 Å². The summed E-state index contributed by atoms with van der Waals surface area (Å²) in [4.78, 5) is 13.1. The highest BCUT2D eigenvalue weighted by atomic mass is 16.3. The van der Waals surface area contributed by atoms with Crippen LogP contribution in [0.5, 0.6) is 0 Å². The largest absolute Gasteiger partial charge is 0.396 e. The summed E-state index contributed by atoms with van der Waals surface area (Å²) in [6.45, 7) is 4.84. The molecular weight excluding hydrogens is 168 g/mol. The molecule has 0 aromatic heterocycles. The second-order valence-electron chi connectivity index (χ2n) is 2.93. The molecule has 0 heterocycles. The molecule has 0 bridgehead atoms. The Morgan fingerprint density at radius 1 is 1.46 bits per heavy atom. The quantitative estimate of drug-likeness (QED) is 0.583. The highest BCUT2D eigenvalue weighted by Crippen LogP contribution is 1.93. The standard InChI is InChI=1S/C9H20N2O2/c1-3-11(6-4-8-12)7-5-9(13)10-2/h12H,3-8H2,1-2H3,(H,10,13). The Hall–Kier alpha value is -0.610. The molecule has 0 radical (unpaired) electrons. The summed E-state index contributed by atoms with van der Waals surface area (Å²) in [5, 5.41) is 11.2. The molecular formula is C9H20N2O2. The van der Waals surface area contributed by atoms with Crippen LogP contribution < -0.4 is 5.32 Å². The highest BCUT2D eigenvalue weighted by molar-refractivity contribution is 5.75. The normalized spacial score (nSPS) is 10.5. The molecule has 0 fully saturated rings. The molecule has 4 heteroatoms. The van der Waals surface area contributed by atoms with E-state index in [9.17, 15) is 4.79 Å². The van der Waals surface area contributed by atoms with Crippen molar-refractivity contribution in [3.8, 4) is 0 Å². The summed E-state index contributed by atoms with van der Waals surface area (Å²) in [6.07, 6.45) is 1.32. The third kappa shape index (κ3) is 6.54. The molecule has 0 aromatic rings. The first-order valence-corrected chi connectivity index (χ1v) is 4.78. The van der Waals surface area contributed by atoms with Crippen molar-refractivity contribution >= 4 is 5.91 Å². The van der Waals surface area contributed by atoms with Gasteiger partial charge in [0.15, 0.2) is 0 Å². The number of aliphatic hydroxyl groups is 1. The average molecular weight is 188 g/mol. The van der Waals surface area contributed by atoms with Crippen LogP contribution in [0, 0.1) is 0 Å². The summed E-state index contributed by atoms with van der Waals surface area (Å²) in [7, 11) is 1.65. The number of amides is 1. The average Bonchev–Trinajstić information content (AvgIpc) is 2.17. The number of rotatable bonds is 7. The zero-order chi connectivity index (χ0) is 10.1. The first-order chi connectivity index (χ1) is 6.24. The predicted octanol–water partition coefficient (Wildman–Crippen LogP) is -0.173. The molecule has 0 saturated heterocycles. The van der Waals surface area contributed by atoms with Crippen LogP contribution in [0.25, 0.3) is 0 Å². The molecule has 78 valence electrons. The van der Waals surface area contributed by atoms with E-state index < -0.39 is 0 Å². The zero-order valence-corrected chi connectivity index (χ0v) is 8.55. The van der Waals surface area contributed by atoms with Crippen molar-refractivity contribution < 1.29 is 9.90 Å². The molecule has 0 rings (SSSR count). The van der Waals surface area contributed by atoms with E-state index in [4.69, 9.17) is 5.11 Å². The fourth-order valence-electron chi connectivity index (χ4n) is 1.11. The Kier molecular flexibility index (Phi) is 7.63. The number of aliphatic hydroxyl groups excluding tert-OH is 1. The molecule has 0 aliphatic rings. The van der Waals surface area contributed by atoms with Crippen LogP contribution >= 0.6 is 0 Å². The van der Waals surface area contributed by atoms with Gasteiger partial charge in [0.05, 0.1) is 0 Å². The van der Waals surface area contributed by atoms with Crippen LogP contribution in [0.3, 0.4) is 0 Å². The van der Waals surface area contributed by atoms with Crippen molar-refractivity contribution in [1.82, 2.24) is 10.2 Å². The van der Waals surface area contributed by atoms with Crippen LogP contribution in [0.4, 0.5) is 0 Å². The maximum atomic E-state index is 10.9. The first-order valence-electron chi connectivity index (χ1n) is 4.78. The number of carbonyl (C=O) groups is 1. The van der Waals surface area contributed by atoms with Gasteiger partial charge in [0.2, 0.25) is 5.91 Å². The predicted molar refractivity (Wildman–Crippen MR) is 52.5 cm³/mol. The van der Waals surface area contributed by atoms with Gasteiger partial charge in [-0.25, -0.2) is 0 Å². The minimum Gasteiger partial charge on any atom is -0.396 e. The molecule has 0 aromatic carbocycles. The second kappa shape index (κ2) is 8.01. The van der Waals surface area contributed by atoms with Gasteiger partial charge in [0, 0.05) is 33.2 Å². The summed E-state index contributed by atoms with van der Waals surface area (Å²) in [5.74, 6) is 0.0717. The van der Waals surface area contributed by atoms with E-state index in [1.165, 1.54) is 0 Å².